The van der Waals surface area contributed by atoms with E-state index in [1.807, 2.05) is 7.05 Å². The van der Waals surface area contributed by atoms with Crippen molar-refractivity contribution in [2.75, 3.05) is 13.6 Å². The highest BCUT2D eigenvalue weighted by Gasteiger charge is 2.50. The van der Waals surface area contributed by atoms with Crippen LogP contribution in [-0.2, 0) is 11.3 Å². The second-order valence-electron chi connectivity index (χ2n) is 5.24. The van der Waals surface area contributed by atoms with Crippen LogP contribution in [0.5, 0.6) is 0 Å². The number of carboxylic acid groups (broad SMARTS) is 1. The number of benzene rings is 1. The van der Waals surface area contributed by atoms with Crippen LogP contribution in [-0.4, -0.2) is 29.6 Å². The minimum atomic E-state index is -0.645. The number of aliphatic carboxylic acids is 1. The Labute approximate surface area is 102 Å². The van der Waals surface area contributed by atoms with Crippen molar-refractivity contribution in [3.05, 3.63) is 35.4 Å². The van der Waals surface area contributed by atoms with Crippen LogP contribution >= 0.6 is 0 Å². The topological polar surface area (TPSA) is 40.5 Å². The summed E-state index contributed by atoms with van der Waals surface area (Å²) in [5.74, 6) is -0.645. The Balaban J connectivity index is 1.91. The fraction of sp³-hybridized carbons (Fsp3) is 0.500. The third-order valence-corrected chi connectivity index (χ3v) is 3.45. The van der Waals surface area contributed by atoms with Crippen LogP contribution in [0.1, 0.15) is 24.0 Å². The molecule has 0 amide bonds. The van der Waals surface area contributed by atoms with Crippen molar-refractivity contribution >= 4 is 5.97 Å². The third kappa shape index (κ3) is 2.86. The molecule has 0 aromatic heterocycles. The molecule has 1 aliphatic rings. The summed E-state index contributed by atoms with van der Waals surface area (Å²) in [5, 5.41) is 9.13. The quantitative estimate of drug-likeness (QED) is 0.848. The van der Waals surface area contributed by atoms with Gasteiger partial charge in [-0.1, -0.05) is 29.8 Å². The molecule has 0 spiro atoms. The van der Waals surface area contributed by atoms with Gasteiger partial charge in [0.05, 0.1) is 5.41 Å². The van der Waals surface area contributed by atoms with Gasteiger partial charge in [0.25, 0.3) is 0 Å². The first-order valence-corrected chi connectivity index (χ1v) is 5.99. The zero-order valence-corrected chi connectivity index (χ0v) is 10.4. The molecule has 0 saturated heterocycles. The third-order valence-electron chi connectivity index (χ3n) is 3.45. The maximum Gasteiger partial charge on any atom is 0.310 e. The lowest BCUT2D eigenvalue weighted by molar-refractivity contribution is -0.144. The van der Waals surface area contributed by atoms with E-state index < -0.39 is 11.4 Å². The minimum Gasteiger partial charge on any atom is -0.481 e. The molecule has 92 valence electrons. The number of aryl methyl sites for hydroxylation is 1. The van der Waals surface area contributed by atoms with Crippen LogP contribution in [0.25, 0.3) is 0 Å². The van der Waals surface area contributed by atoms with Crippen molar-refractivity contribution < 1.29 is 9.90 Å². The molecule has 1 aromatic carbocycles. The molecule has 1 aromatic rings. The lowest BCUT2D eigenvalue weighted by atomic mass is 10.1. The number of carbonyl (C=O) groups is 1. The van der Waals surface area contributed by atoms with E-state index in [2.05, 4.69) is 36.1 Å². The Bertz CT molecular complexity index is 407. The number of nitrogens with zero attached hydrogens (tertiary/aromatic N) is 1. The molecule has 1 fully saturated rings. The summed E-state index contributed by atoms with van der Waals surface area (Å²) in [6, 6.07) is 8.39. The number of hydrogen-bond acceptors (Lipinski definition) is 2. The van der Waals surface area contributed by atoms with E-state index in [-0.39, 0.29) is 0 Å². The molecule has 0 radical (unpaired) electrons. The Morgan fingerprint density at radius 3 is 2.41 bits per heavy atom. The Morgan fingerprint density at radius 2 is 1.94 bits per heavy atom. The van der Waals surface area contributed by atoms with Crippen molar-refractivity contribution in [3.63, 3.8) is 0 Å². The van der Waals surface area contributed by atoms with Gasteiger partial charge in [0.1, 0.15) is 0 Å². The summed E-state index contributed by atoms with van der Waals surface area (Å²) in [6.07, 6.45) is 1.64. The van der Waals surface area contributed by atoms with Gasteiger partial charge in [0, 0.05) is 13.1 Å². The van der Waals surface area contributed by atoms with Gasteiger partial charge in [-0.15, -0.1) is 0 Å². The highest BCUT2D eigenvalue weighted by Crippen LogP contribution is 2.46. The highest BCUT2D eigenvalue weighted by molar-refractivity contribution is 5.78. The second-order valence-corrected chi connectivity index (χ2v) is 5.24. The van der Waals surface area contributed by atoms with Crippen LogP contribution < -0.4 is 0 Å². The average Bonchev–Trinajstić information content (AvgIpc) is 3.02. The van der Waals surface area contributed by atoms with Gasteiger partial charge >= 0.3 is 5.97 Å². The van der Waals surface area contributed by atoms with Gasteiger partial charge in [0.15, 0.2) is 0 Å². The molecule has 0 atom stereocenters. The molecule has 1 N–H and O–H groups in total. The van der Waals surface area contributed by atoms with Gasteiger partial charge in [-0.25, -0.2) is 0 Å². The lowest BCUT2D eigenvalue weighted by Gasteiger charge is -2.21. The van der Waals surface area contributed by atoms with Gasteiger partial charge in [-0.2, -0.15) is 0 Å². The summed E-state index contributed by atoms with van der Waals surface area (Å²) in [4.78, 5) is 13.2. The highest BCUT2D eigenvalue weighted by atomic mass is 16.4. The summed E-state index contributed by atoms with van der Waals surface area (Å²) in [6.45, 7) is 3.53. The van der Waals surface area contributed by atoms with E-state index in [0.717, 1.165) is 19.4 Å². The molecule has 1 aliphatic carbocycles. The van der Waals surface area contributed by atoms with Crippen LogP contribution in [0.4, 0.5) is 0 Å². The van der Waals surface area contributed by atoms with E-state index in [4.69, 9.17) is 5.11 Å². The van der Waals surface area contributed by atoms with Crippen molar-refractivity contribution in [1.82, 2.24) is 4.90 Å². The smallest absolute Gasteiger partial charge is 0.310 e. The number of carboxylic acids is 1. The van der Waals surface area contributed by atoms with Gasteiger partial charge in [-0.05, 0) is 32.4 Å². The van der Waals surface area contributed by atoms with Crippen molar-refractivity contribution in [3.8, 4) is 0 Å². The maximum absolute atomic E-state index is 11.1. The summed E-state index contributed by atoms with van der Waals surface area (Å²) < 4.78 is 0. The normalized spacial score (nSPS) is 17.1. The monoisotopic (exact) mass is 233 g/mol. The fourth-order valence-electron chi connectivity index (χ4n) is 2.17. The van der Waals surface area contributed by atoms with E-state index in [1.165, 1.54) is 11.1 Å². The average molecular weight is 233 g/mol. The maximum atomic E-state index is 11.1. The van der Waals surface area contributed by atoms with E-state index in [1.54, 1.807) is 0 Å². The Kier molecular flexibility index (Phi) is 3.20. The molecule has 1 saturated carbocycles. The summed E-state index contributed by atoms with van der Waals surface area (Å²) >= 11 is 0. The second kappa shape index (κ2) is 4.49. The summed E-state index contributed by atoms with van der Waals surface area (Å²) in [5.41, 5.74) is 2.03. The lowest BCUT2D eigenvalue weighted by Crippen LogP contribution is -2.31. The van der Waals surface area contributed by atoms with Crippen molar-refractivity contribution in [2.24, 2.45) is 5.41 Å². The van der Waals surface area contributed by atoms with Crippen LogP contribution in [0.2, 0.25) is 0 Å². The first-order chi connectivity index (χ1) is 8.02. The SMILES string of the molecule is Cc1ccc(CN(C)CC2(C(=O)O)CC2)cc1. The molecule has 0 heterocycles. The molecule has 17 heavy (non-hydrogen) atoms. The molecule has 0 unspecified atom stereocenters. The number of rotatable bonds is 5. The molecule has 3 nitrogen and oxygen atoms in total. The Hall–Kier alpha value is -1.35. The largest absolute Gasteiger partial charge is 0.481 e. The molecule has 0 aliphatic heterocycles. The van der Waals surface area contributed by atoms with E-state index >= 15 is 0 Å². The predicted octanol–water partition coefficient (Wildman–Crippen LogP) is 2.29. The predicted molar refractivity (Wildman–Crippen MR) is 66.8 cm³/mol. The zero-order valence-electron chi connectivity index (χ0n) is 10.4. The molecular weight excluding hydrogens is 214 g/mol. The van der Waals surface area contributed by atoms with Gasteiger partial charge in [-0.3, -0.25) is 4.79 Å². The molecule has 3 heteroatoms. The van der Waals surface area contributed by atoms with E-state index in [0.29, 0.717) is 6.54 Å². The zero-order chi connectivity index (χ0) is 12.5. The molecular formula is C14H19NO2. The standard InChI is InChI=1S/C14H19NO2/c1-11-3-5-12(6-4-11)9-15(2)10-14(7-8-14)13(16)17/h3-6H,7-10H2,1-2H3,(H,16,17). The molecule has 2 rings (SSSR count). The first kappa shape index (κ1) is 12.1. The first-order valence-electron chi connectivity index (χ1n) is 5.99. The van der Waals surface area contributed by atoms with Gasteiger partial charge in [0.2, 0.25) is 0 Å². The van der Waals surface area contributed by atoms with Crippen LogP contribution in [0.15, 0.2) is 24.3 Å². The fourth-order valence-corrected chi connectivity index (χ4v) is 2.17. The van der Waals surface area contributed by atoms with Crippen LogP contribution in [0.3, 0.4) is 0 Å². The number of hydrogen-bond donors (Lipinski definition) is 1. The Morgan fingerprint density at radius 1 is 1.35 bits per heavy atom. The van der Waals surface area contributed by atoms with Crippen LogP contribution in [0, 0.1) is 12.3 Å². The van der Waals surface area contributed by atoms with Crippen molar-refractivity contribution in [1.29, 1.82) is 0 Å². The minimum absolute atomic E-state index is 0.459. The van der Waals surface area contributed by atoms with Crippen molar-refractivity contribution in [2.45, 2.75) is 26.3 Å². The summed E-state index contributed by atoms with van der Waals surface area (Å²) in [7, 11) is 1.99. The van der Waals surface area contributed by atoms with Gasteiger partial charge < -0.3 is 10.0 Å². The van der Waals surface area contributed by atoms with E-state index in [9.17, 15) is 4.79 Å². The molecule has 0 bridgehead atoms.